The van der Waals surface area contributed by atoms with Crippen molar-refractivity contribution in [2.24, 2.45) is 0 Å². The third-order valence-electron chi connectivity index (χ3n) is 2.74. The van der Waals surface area contributed by atoms with E-state index in [1.54, 1.807) is 23.5 Å². The van der Waals surface area contributed by atoms with E-state index in [1.807, 2.05) is 24.3 Å². The number of rotatable bonds is 1. The molecule has 0 spiro atoms. The van der Waals surface area contributed by atoms with Crippen LogP contribution in [0.5, 0.6) is 0 Å². The summed E-state index contributed by atoms with van der Waals surface area (Å²) in [6, 6.07) is 10.9. The summed E-state index contributed by atoms with van der Waals surface area (Å²) in [5.41, 5.74) is 6.78. The summed E-state index contributed by atoms with van der Waals surface area (Å²) in [7, 11) is 0. The number of carboxylic acid groups (broad SMARTS) is 1. The Kier molecular flexibility index (Phi) is 2.06. The average molecular weight is 243 g/mol. The van der Waals surface area contributed by atoms with Gasteiger partial charge in [0.2, 0.25) is 0 Å². The van der Waals surface area contributed by atoms with Crippen LogP contribution in [-0.2, 0) is 0 Å². The number of carbonyl (C=O) groups is 1. The van der Waals surface area contributed by atoms with E-state index in [4.69, 9.17) is 10.8 Å². The molecule has 2 aromatic carbocycles. The van der Waals surface area contributed by atoms with E-state index in [-0.39, 0.29) is 0 Å². The van der Waals surface area contributed by atoms with Gasteiger partial charge < -0.3 is 10.8 Å². The molecular formula is C13H9NO2S. The third-order valence-corrected chi connectivity index (χ3v) is 3.86. The van der Waals surface area contributed by atoms with Crippen LogP contribution < -0.4 is 5.73 Å². The van der Waals surface area contributed by atoms with Gasteiger partial charge in [0.05, 0.1) is 5.56 Å². The lowest BCUT2D eigenvalue weighted by Gasteiger charge is -1.95. The van der Waals surface area contributed by atoms with Gasteiger partial charge in [-0.25, -0.2) is 4.79 Å². The molecule has 0 saturated carbocycles. The minimum absolute atomic E-state index is 0.317. The van der Waals surface area contributed by atoms with Gasteiger partial charge in [0, 0.05) is 25.9 Å². The van der Waals surface area contributed by atoms with E-state index in [9.17, 15) is 4.79 Å². The minimum atomic E-state index is -0.899. The van der Waals surface area contributed by atoms with Crippen LogP contribution in [0.4, 0.5) is 5.69 Å². The second kappa shape index (κ2) is 3.46. The van der Waals surface area contributed by atoms with Crippen LogP contribution in [0.15, 0.2) is 36.4 Å². The molecule has 0 bridgehead atoms. The van der Waals surface area contributed by atoms with Gasteiger partial charge in [-0.1, -0.05) is 12.1 Å². The number of fused-ring (bicyclic) bond motifs is 3. The number of aromatic carboxylic acids is 1. The lowest BCUT2D eigenvalue weighted by atomic mass is 10.1. The first kappa shape index (κ1) is 10.1. The Morgan fingerprint density at radius 2 is 1.71 bits per heavy atom. The molecule has 0 aliphatic carbocycles. The molecule has 0 fully saturated rings. The number of carboxylic acids is 1. The lowest BCUT2D eigenvalue weighted by Crippen LogP contribution is -1.94. The normalized spacial score (nSPS) is 11.1. The number of benzene rings is 2. The van der Waals surface area contributed by atoms with E-state index >= 15 is 0 Å². The van der Waals surface area contributed by atoms with Crippen molar-refractivity contribution >= 4 is 43.2 Å². The van der Waals surface area contributed by atoms with E-state index in [0.717, 1.165) is 25.9 Å². The fourth-order valence-corrected chi connectivity index (χ4v) is 3.12. The highest BCUT2D eigenvalue weighted by Crippen LogP contribution is 2.35. The Balaban J connectivity index is 2.38. The molecule has 0 saturated heterocycles. The summed E-state index contributed by atoms with van der Waals surface area (Å²) >= 11 is 1.56. The fourth-order valence-electron chi connectivity index (χ4n) is 1.93. The maximum absolute atomic E-state index is 10.9. The smallest absolute Gasteiger partial charge is 0.335 e. The van der Waals surface area contributed by atoms with Gasteiger partial charge in [0.1, 0.15) is 0 Å². The number of hydrogen-bond acceptors (Lipinski definition) is 3. The number of hydrogen-bond donors (Lipinski definition) is 2. The van der Waals surface area contributed by atoms with Crippen LogP contribution in [0, 0.1) is 0 Å². The van der Waals surface area contributed by atoms with E-state index in [1.165, 1.54) is 0 Å². The second-order valence-electron chi connectivity index (χ2n) is 3.87. The highest BCUT2D eigenvalue weighted by molar-refractivity contribution is 7.25. The van der Waals surface area contributed by atoms with Crippen LogP contribution in [0.1, 0.15) is 10.4 Å². The SMILES string of the molecule is Nc1ccc2c(c1)sc1cc(C(=O)O)ccc12. The molecule has 1 heterocycles. The van der Waals surface area contributed by atoms with Crippen LogP contribution in [-0.4, -0.2) is 11.1 Å². The molecule has 3 rings (SSSR count). The van der Waals surface area contributed by atoms with Crippen molar-refractivity contribution in [3.8, 4) is 0 Å². The van der Waals surface area contributed by atoms with Crippen molar-refractivity contribution in [3.05, 3.63) is 42.0 Å². The van der Waals surface area contributed by atoms with Gasteiger partial charge in [-0.15, -0.1) is 11.3 Å². The largest absolute Gasteiger partial charge is 0.478 e. The number of nitrogen functional groups attached to an aromatic ring is 1. The molecule has 0 aliphatic heterocycles. The van der Waals surface area contributed by atoms with Gasteiger partial charge in [-0.3, -0.25) is 0 Å². The molecule has 0 amide bonds. The summed E-state index contributed by atoms with van der Waals surface area (Å²) in [6.07, 6.45) is 0. The first-order valence-electron chi connectivity index (χ1n) is 5.10. The monoisotopic (exact) mass is 243 g/mol. The number of thiophene rings is 1. The summed E-state index contributed by atoms with van der Waals surface area (Å²) in [6.45, 7) is 0. The number of anilines is 1. The van der Waals surface area contributed by atoms with E-state index in [2.05, 4.69) is 0 Å². The predicted molar refractivity (Wildman–Crippen MR) is 70.7 cm³/mol. The van der Waals surface area contributed by atoms with Gasteiger partial charge in [-0.05, 0) is 24.3 Å². The molecule has 1 aromatic heterocycles. The topological polar surface area (TPSA) is 63.3 Å². The molecule has 0 radical (unpaired) electrons. The Hall–Kier alpha value is -2.07. The van der Waals surface area contributed by atoms with Crippen molar-refractivity contribution in [2.45, 2.75) is 0 Å². The van der Waals surface area contributed by atoms with E-state index < -0.39 is 5.97 Å². The molecule has 4 heteroatoms. The van der Waals surface area contributed by atoms with Crippen molar-refractivity contribution < 1.29 is 9.90 Å². The molecule has 0 aliphatic rings. The maximum atomic E-state index is 10.9. The Bertz CT molecular complexity index is 746. The fraction of sp³-hybridized carbons (Fsp3) is 0. The molecular weight excluding hydrogens is 234 g/mol. The first-order chi connectivity index (χ1) is 8.15. The quantitative estimate of drug-likeness (QED) is 0.644. The van der Waals surface area contributed by atoms with Crippen LogP contribution >= 0.6 is 11.3 Å². The standard InChI is InChI=1S/C13H9NO2S/c14-8-2-4-10-9-3-1-7(13(15)16)5-11(9)17-12(10)6-8/h1-6H,14H2,(H,15,16). The van der Waals surface area contributed by atoms with Crippen LogP contribution in [0.3, 0.4) is 0 Å². The van der Waals surface area contributed by atoms with Gasteiger partial charge >= 0.3 is 5.97 Å². The van der Waals surface area contributed by atoms with Gasteiger partial charge in [0.25, 0.3) is 0 Å². The molecule has 3 nitrogen and oxygen atoms in total. The maximum Gasteiger partial charge on any atom is 0.335 e. The van der Waals surface area contributed by atoms with Crippen molar-refractivity contribution in [2.75, 3.05) is 5.73 Å². The van der Waals surface area contributed by atoms with E-state index in [0.29, 0.717) is 5.56 Å². The average Bonchev–Trinajstić information content (AvgIpc) is 2.64. The highest BCUT2D eigenvalue weighted by atomic mass is 32.1. The predicted octanol–water partition coefficient (Wildman–Crippen LogP) is 3.33. The third kappa shape index (κ3) is 1.54. The molecule has 0 unspecified atom stereocenters. The van der Waals surface area contributed by atoms with Crippen LogP contribution in [0.25, 0.3) is 20.2 Å². The van der Waals surface area contributed by atoms with Crippen molar-refractivity contribution in [1.29, 1.82) is 0 Å². The molecule has 0 atom stereocenters. The van der Waals surface area contributed by atoms with Gasteiger partial charge in [0.15, 0.2) is 0 Å². The Morgan fingerprint density at radius 1 is 1.06 bits per heavy atom. The summed E-state index contributed by atoms with van der Waals surface area (Å²) < 4.78 is 2.06. The van der Waals surface area contributed by atoms with Gasteiger partial charge in [-0.2, -0.15) is 0 Å². The Labute approximate surface area is 101 Å². The number of nitrogens with two attached hydrogens (primary N) is 1. The summed E-state index contributed by atoms with van der Waals surface area (Å²) in [5.74, 6) is -0.899. The minimum Gasteiger partial charge on any atom is -0.478 e. The molecule has 17 heavy (non-hydrogen) atoms. The highest BCUT2D eigenvalue weighted by Gasteiger charge is 2.08. The zero-order valence-corrected chi connectivity index (χ0v) is 9.62. The van der Waals surface area contributed by atoms with Crippen molar-refractivity contribution in [3.63, 3.8) is 0 Å². The molecule has 3 aromatic rings. The lowest BCUT2D eigenvalue weighted by molar-refractivity contribution is 0.0697. The zero-order valence-electron chi connectivity index (χ0n) is 8.81. The summed E-state index contributed by atoms with van der Waals surface area (Å²) in [5, 5.41) is 11.1. The zero-order chi connectivity index (χ0) is 12.0. The van der Waals surface area contributed by atoms with Crippen LogP contribution in [0.2, 0.25) is 0 Å². The Morgan fingerprint density at radius 3 is 2.41 bits per heavy atom. The first-order valence-corrected chi connectivity index (χ1v) is 5.92. The summed E-state index contributed by atoms with van der Waals surface area (Å²) in [4.78, 5) is 10.9. The molecule has 3 N–H and O–H groups in total. The molecule has 84 valence electrons. The second-order valence-corrected chi connectivity index (χ2v) is 4.96. The van der Waals surface area contributed by atoms with Crippen molar-refractivity contribution in [1.82, 2.24) is 0 Å².